The summed E-state index contributed by atoms with van der Waals surface area (Å²) in [6.45, 7) is 6.90. The number of carbonyl (C=O) groups is 2. The molecule has 0 unspecified atom stereocenters. The standard InChI is InChI=1S/C20H30N2O4/c1-4-22(17-10-6-5-7-11-17)20(24)26-18-12-8-9-16(13-18)21-19(23)25-14-15(2)3/h8-9,12-13,15,17H,4-7,10-11,14H2,1-3H3,(H,21,23). The maximum Gasteiger partial charge on any atom is 0.415 e. The molecule has 1 aromatic carbocycles. The molecule has 0 atom stereocenters. The average molecular weight is 362 g/mol. The molecule has 0 saturated heterocycles. The van der Waals surface area contributed by atoms with E-state index in [1.54, 1.807) is 29.2 Å². The SMILES string of the molecule is CCN(C(=O)Oc1cccc(NC(=O)OCC(C)C)c1)C1CCCCC1. The third-order valence-corrected chi connectivity index (χ3v) is 4.42. The van der Waals surface area contributed by atoms with E-state index in [9.17, 15) is 9.59 Å². The van der Waals surface area contributed by atoms with Gasteiger partial charge in [-0.05, 0) is 37.8 Å². The van der Waals surface area contributed by atoms with E-state index in [4.69, 9.17) is 9.47 Å². The Morgan fingerprint density at radius 3 is 2.62 bits per heavy atom. The normalized spacial score (nSPS) is 14.8. The molecule has 6 heteroatoms. The number of anilines is 1. The number of nitrogens with zero attached hydrogens (tertiary/aromatic N) is 1. The highest BCUT2D eigenvalue weighted by Gasteiger charge is 2.25. The molecule has 144 valence electrons. The third-order valence-electron chi connectivity index (χ3n) is 4.42. The predicted molar refractivity (Wildman–Crippen MR) is 102 cm³/mol. The van der Waals surface area contributed by atoms with Gasteiger partial charge in [0.15, 0.2) is 0 Å². The van der Waals surface area contributed by atoms with Crippen LogP contribution in [-0.4, -0.2) is 36.3 Å². The molecule has 1 N–H and O–H groups in total. The van der Waals surface area contributed by atoms with E-state index >= 15 is 0 Å². The second kappa shape index (κ2) is 10.0. The molecule has 0 bridgehead atoms. The quantitative estimate of drug-likeness (QED) is 0.769. The van der Waals surface area contributed by atoms with Crippen molar-refractivity contribution in [3.63, 3.8) is 0 Å². The number of rotatable bonds is 6. The van der Waals surface area contributed by atoms with Crippen LogP contribution >= 0.6 is 0 Å². The topological polar surface area (TPSA) is 67.9 Å². The molecule has 2 amide bonds. The summed E-state index contributed by atoms with van der Waals surface area (Å²) in [6, 6.07) is 7.05. The number of hydrogen-bond donors (Lipinski definition) is 1. The summed E-state index contributed by atoms with van der Waals surface area (Å²) in [4.78, 5) is 26.1. The van der Waals surface area contributed by atoms with Crippen LogP contribution in [0.3, 0.4) is 0 Å². The van der Waals surface area contributed by atoms with Crippen molar-refractivity contribution in [2.45, 2.75) is 58.9 Å². The Bertz CT molecular complexity index is 597. The van der Waals surface area contributed by atoms with Crippen molar-refractivity contribution in [1.29, 1.82) is 0 Å². The van der Waals surface area contributed by atoms with Gasteiger partial charge in [0.2, 0.25) is 0 Å². The fourth-order valence-electron chi connectivity index (χ4n) is 3.12. The van der Waals surface area contributed by atoms with Gasteiger partial charge in [0.05, 0.1) is 6.61 Å². The average Bonchev–Trinajstić information content (AvgIpc) is 2.62. The molecule has 0 heterocycles. The van der Waals surface area contributed by atoms with Crippen LogP contribution in [0.4, 0.5) is 15.3 Å². The van der Waals surface area contributed by atoms with Gasteiger partial charge >= 0.3 is 12.2 Å². The summed E-state index contributed by atoms with van der Waals surface area (Å²) in [6.07, 6.45) is 4.78. The fraction of sp³-hybridized carbons (Fsp3) is 0.600. The highest BCUT2D eigenvalue weighted by atomic mass is 16.6. The summed E-state index contributed by atoms with van der Waals surface area (Å²) >= 11 is 0. The number of carbonyl (C=O) groups excluding carboxylic acids is 2. The van der Waals surface area contributed by atoms with Crippen molar-refractivity contribution in [1.82, 2.24) is 4.90 Å². The van der Waals surface area contributed by atoms with Crippen LogP contribution in [0.2, 0.25) is 0 Å². The maximum atomic E-state index is 12.5. The molecule has 0 spiro atoms. The Morgan fingerprint density at radius 2 is 1.96 bits per heavy atom. The van der Waals surface area contributed by atoms with Gasteiger partial charge in [0, 0.05) is 24.3 Å². The van der Waals surface area contributed by atoms with Crippen molar-refractivity contribution in [2.75, 3.05) is 18.5 Å². The zero-order valence-corrected chi connectivity index (χ0v) is 16.0. The van der Waals surface area contributed by atoms with Crippen LogP contribution in [-0.2, 0) is 4.74 Å². The summed E-state index contributed by atoms with van der Waals surface area (Å²) in [7, 11) is 0. The maximum absolute atomic E-state index is 12.5. The van der Waals surface area contributed by atoms with Gasteiger partial charge in [-0.1, -0.05) is 39.2 Å². The second-order valence-corrected chi connectivity index (χ2v) is 7.09. The first-order valence-electron chi connectivity index (χ1n) is 9.52. The van der Waals surface area contributed by atoms with Crippen LogP contribution in [0, 0.1) is 5.92 Å². The Kier molecular flexibility index (Phi) is 7.75. The molecule has 1 saturated carbocycles. The summed E-state index contributed by atoms with van der Waals surface area (Å²) in [5.74, 6) is 0.679. The predicted octanol–water partition coefficient (Wildman–Crippen LogP) is 5.04. The zero-order valence-electron chi connectivity index (χ0n) is 16.0. The zero-order chi connectivity index (χ0) is 18.9. The van der Waals surface area contributed by atoms with Crippen LogP contribution in [0.5, 0.6) is 5.75 Å². The largest absolute Gasteiger partial charge is 0.449 e. The molecule has 1 aromatic rings. The molecule has 1 fully saturated rings. The smallest absolute Gasteiger partial charge is 0.415 e. The van der Waals surface area contributed by atoms with Crippen molar-refractivity contribution in [3.8, 4) is 5.75 Å². The highest BCUT2D eigenvalue weighted by molar-refractivity contribution is 5.85. The lowest BCUT2D eigenvalue weighted by atomic mass is 9.94. The van der Waals surface area contributed by atoms with Gasteiger partial charge in [-0.25, -0.2) is 9.59 Å². The van der Waals surface area contributed by atoms with Crippen molar-refractivity contribution < 1.29 is 19.1 Å². The summed E-state index contributed by atoms with van der Waals surface area (Å²) < 4.78 is 10.6. The van der Waals surface area contributed by atoms with Crippen LogP contribution in [0.15, 0.2) is 24.3 Å². The second-order valence-electron chi connectivity index (χ2n) is 7.09. The third kappa shape index (κ3) is 6.24. The van der Waals surface area contributed by atoms with Gasteiger partial charge in [0.1, 0.15) is 5.75 Å². The molecule has 0 aromatic heterocycles. The molecule has 2 rings (SSSR count). The monoisotopic (exact) mass is 362 g/mol. The van der Waals surface area contributed by atoms with Gasteiger partial charge in [-0.2, -0.15) is 0 Å². The van der Waals surface area contributed by atoms with Crippen molar-refractivity contribution >= 4 is 17.9 Å². The van der Waals surface area contributed by atoms with E-state index in [0.29, 0.717) is 24.6 Å². The molecule has 26 heavy (non-hydrogen) atoms. The first-order valence-corrected chi connectivity index (χ1v) is 9.52. The molecule has 0 aliphatic heterocycles. The number of nitrogens with one attached hydrogen (secondary N) is 1. The molecular weight excluding hydrogens is 332 g/mol. The Morgan fingerprint density at radius 1 is 1.23 bits per heavy atom. The first kappa shape index (κ1) is 20.1. The van der Waals surface area contributed by atoms with Crippen molar-refractivity contribution in [2.24, 2.45) is 5.92 Å². The lowest BCUT2D eigenvalue weighted by molar-refractivity contribution is 0.121. The number of amides is 2. The Hall–Kier alpha value is -2.24. The highest BCUT2D eigenvalue weighted by Crippen LogP contribution is 2.24. The minimum atomic E-state index is -0.514. The van der Waals surface area contributed by atoms with Crippen LogP contribution in [0.1, 0.15) is 52.9 Å². The van der Waals surface area contributed by atoms with E-state index in [0.717, 1.165) is 25.7 Å². The van der Waals surface area contributed by atoms with Crippen molar-refractivity contribution in [3.05, 3.63) is 24.3 Å². The van der Waals surface area contributed by atoms with Gasteiger partial charge in [0.25, 0.3) is 0 Å². The molecule has 1 aliphatic rings. The Balaban J connectivity index is 1.93. The molecule has 1 aliphatic carbocycles. The van der Waals surface area contributed by atoms with Crippen LogP contribution in [0.25, 0.3) is 0 Å². The van der Waals surface area contributed by atoms with Gasteiger partial charge in [-0.15, -0.1) is 0 Å². The van der Waals surface area contributed by atoms with E-state index in [1.165, 1.54) is 6.42 Å². The minimum absolute atomic E-state index is 0.258. The fourth-order valence-corrected chi connectivity index (χ4v) is 3.12. The molecular formula is C20H30N2O4. The van der Waals surface area contributed by atoms with Crippen LogP contribution < -0.4 is 10.1 Å². The lowest BCUT2D eigenvalue weighted by Crippen LogP contribution is -2.42. The van der Waals surface area contributed by atoms with Gasteiger partial charge in [-0.3, -0.25) is 5.32 Å². The Labute approximate surface area is 155 Å². The molecule has 0 radical (unpaired) electrons. The number of ether oxygens (including phenoxy) is 2. The van der Waals surface area contributed by atoms with E-state index < -0.39 is 6.09 Å². The number of hydrogen-bond acceptors (Lipinski definition) is 4. The lowest BCUT2D eigenvalue weighted by Gasteiger charge is -2.32. The summed E-state index contributed by atoms with van der Waals surface area (Å²) in [5.41, 5.74) is 0.532. The number of benzene rings is 1. The van der Waals surface area contributed by atoms with Gasteiger partial charge < -0.3 is 14.4 Å². The van der Waals surface area contributed by atoms with E-state index in [-0.39, 0.29) is 18.1 Å². The van der Waals surface area contributed by atoms with E-state index in [2.05, 4.69) is 5.32 Å². The first-order chi connectivity index (χ1) is 12.5. The molecule has 6 nitrogen and oxygen atoms in total. The van der Waals surface area contributed by atoms with E-state index in [1.807, 2.05) is 20.8 Å². The minimum Gasteiger partial charge on any atom is -0.449 e. The summed E-state index contributed by atoms with van der Waals surface area (Å²) in [5, 5.41) is 2.65.